The van der Waals surface area contributed by atoms with Crippen molar-refractivity contribution >= 4 is 70.1 Å². The zero-order valence-electron chi connectivity index (χ0n) is 40.1. The van der Waals surface area contributed by atoms with Gasteiger partial charge in [-0.3, -0.25) is 4.98 Å². The zero-order chi connectivity index (χ0) is 47.5. The molecule has 6 heterocycles. The van der Waals surface area contributed by atoms with Crippen LogP contribution >= 0.6 is 0 Å². The first-order valence-corrected chi connectivity index (χ1v) is 23.3. The molecule has 70 heavy (non-hydrogen) atoms. The summed E-state index contributed by atoms with van der Waals surface area (Å²) in [7, 11) is 4.37. The molecule has 0 unspecified atom stereocenters. The van der Waals surface area contributed by atoms with E-state index in [9.17, 15) is 0 Å². The number of pyridine rings is 2. The molecule has 348 valence electrons. The maximum Gasteiger partial charge on any atom is 0.182 e. The SMILES string of the molecule is CC(C)(C)c1ccnc(-n2c3[c-]c(Oc4[c-]c(N5[CH-]N(c6c(/C7=C/C=C\N/C=C\C=C/[B]7)cc(C(C)(C)C)cc6/C6=C/C=C\N/C=C\C=C/[B]6)c6ccccc65)ccn4)ccc3c3ccccc32)c1.[Pt]. The maximum absolute atomic E-state index is 6.60. The van der Waals surface area contributed by atoms with Crippen molar-refractivity contribution in [1.82, 2.24) is 25.2 Å². The van der Waals surface area contributed by atoms with Gasteiger partial charge in [-0.1, -0.05) is 113 Å². The number of fused-ring (bicyclic) bond motifs is 4. The molecule has 2 radical (unpaired) electrons. The second kappa shape index (κ2) is 20.4. The average Bonchev–Trinajstić information content (AvgIpc) is 3.90. The molecule has 8 nitrogen and oxygen atoms in total. The van der Waals surface area contributed by atoms with Crippen molar-refractivity contribution in [3.8, 4) is 17.4 Å². The van der Waals surface area contributed by atoms with Gasteiger partial charge in [0.25, 0.3) is 0 Å². The van der Waals surface area contributed by atoms with Gasteiger partial charge in [0.15, 0.2) is 14.6 Å². The zero-order valence-corrected chi connectivity index (χ0v) is 42.4. The molecule has 4 aromatic carbocycles. The number of benzene rings is 4. The Hall–Kier alpha value is -7.28. The number of allylic oxidation sites excluding steroid dienone is 8. The smallest absolute Gasteiger partial charge is 0.182 e. The fourth-order valence-corrected chi connectivity index (χ4v) is 8.75. The Labute approximate surface area is 428 Å². The van der Waals surface area contributed by atoms with Crippen molar-refractivity contribution in [2.24, 2.45) is 0 Å². The predicted octanol–water partition coefficient (Wildman–Crippen LogP) is 13.3. The van der Waals surface area contributed by atoms with Crippen LogP contribution < -0.4 is 25.2 Å². The normalized spacial score (nSPS) is 19.0. The predicted molar refractivity (Wildman–Crippen MR) is 288 cm³/mol. The van der Waals surface area contributed by atoms with Crippen molar-refractivity contribution in [3.05, 3.63) is 230 Å². The maximum atomic E-state index is 6.60. The van der Waals surface area contributed by atoms with Crippen molar-refractivity contribution in [2.75, 3.05) is 9.80 Å². The first kappa shape index (κ1) is 47.8. The molecular weight excluding hydrogens is 1040 g/mol. The molecule has 0 atom stereocenters. The van der Waals surface area contributed by atoms with E-state index in [1.807, 2.05) is 67.4 Å². The number of hydrogen-bond acceptors (Lipinski definition) is 7. The molecule has 7 aromatic rings. The fourth-order valence-electron chi connectivity index (χ4n) is 8.75. The summed E-state index contributed by atoms with van der Waals surface area (Å²) in [5.41, 5.74) is 12.2. The Morgan fingerprint density at radius 1 is 0.600 bits per heavy atom. The number of para-hydroxylation sites is 3. The standard InChI is InChI=1S/C59H52B2N7O.Pt/c1-58(2,3)41-25-33-64-55(37-41)68-51-20-8-7-17-45(51)46-24-23-44(39-54(46)68)69-56-38-43(26-34-65-56)66-40-67(53-22-10-9-21-52(53)66)57-47(49-18-15-31-62-29-13-11-27-60-49)35-42(59(4,5)6)36-48(57)50-19-16-32-63-30-14-12-28-61-50;/h7-37,40,62-63H,1-6H3;/q-3;/b27-11-,28-12-,29-13-,30-14-,31-15-,32-16-,49-18-,50-19-;. The monoisotopic (exact) mass is 1090 g/mol. The van der Waals surface area contributed by atoms with Crippen LogP contribution in [-0.2, 0) is 31.9 Å². The number of ether oxygens (including phenoxy) is 1. The van der Waals surface area contributed by atoms with Crippen molar-refractivity contribution in [1.29, 1.82) is 0 Å². The summed E-state index contributed by atoms with van der Waals surface area (Å²) < 4.78 is 8.77. The Balaban J connectivity index is 0.00000608. The Bertz CT molecular complexity index is 3270. The Kier molecular flexibility index (Phi) is 13.9. The van der Waals surface area contributed by atoms with Gasteiger partial charge in [0, 0.05) is 80.4 Å². The minimum atomic E-state index is -0.158. The van der Waals surface area contributed by atoms with E-state index in [1.165, 1.54) is 11.1 Å². The quantitative estimate of drug-likeness (QED) is 0.122. The van der Waals surface area contributed by atoms with Gasteiger partial charge >= 0.3 is 0 Å². The molecule has 0 bridgehead atoms. The molecule has 0 spiro atoms. The van der Waals surface area contributed by atoms with E-state index in [0.29, 0.717) is 11.6 Å². The van der Waals surface area contributed by atoms with Gasteiger partial charge in [0.2, 0.25) is 0 Å². The molecule has 0 fully saturated rings. The number of rotatable bonds is 7. The van der Waals surface area contributed by atoms with E-state index in [-0.39, 0.29) is 31.9 Å². The molecule has 0 amide bonds. The summed E-state index contributed by atoms with van der Waals surface area (Å²) in [5.74, 6) is 5.85. The molecule has 10 rings (SSSR count). The molecule has 0 saturated heterocycles. The number of hydrogen-bond donors (Lipinski definition) is 2. The number of anilines is 4. The molecule has 3 aliphatic rings. The molecule has 0 saturated carbocycles. The van der Waals surface area contributed by atoms with Crippen LogP contribution in [0.5, 0.6) is 11.6 Å². The number of nitrogens with zero attached hydrogens (tertiary/aromatic N) is 5. The van der Waals surface area contributed by atoms with Crippen LogP contribution in [0.3, 0.4) is 0 Å². The molecule has 2 N–H and O–H groups in total. The molecule has 0 aliphatic carbocycles. The van der Waals surface area contributed by atoms with Gasteiger partial charge in [-0.15, -0.1) is 36.1 Å². The fraction of sp³-hybridized carbons (Fsp3) is 0.136. The van der Waals surface area contributed by atoms with Crippen molar-refractivity contribution in [3.63, 3.8) is 0 Å². The molecule has 3 aromatic heterocycles. The van der Waals surface area contributed by atoms with Crippen LogP contribution in [0, 0.1) is 18.8 Å². The second-order valence-electron chi connectivity index (χ2n) is 19.1. The van der Waals surface area contributed by atoms with Crippen LogP contribution in [-0.4, -0.2) is 29.1 Å². The minimum Gasteiger partial charge on any atom is -0.503 e. The molecule has 11 heteroatoms. The number of aromatic nitrogens is 3. The van der Waals surface area contributed by atoms with Crippen LogP contribution in [0.4, 0.5) is 22.7 Å². The van der Waals surface area contributed by atoms with E-state index < -0.39 is 0 Å². The summed E-state index contributed by atoms with van der Waals surface area (Å²) in [5, 5.41) is 8.67. The number of nitrogens with one attached hydrogen (secondary N) is 2. The van der Waals surface area contributed by atoms with E-state index in [1.54, 1.807) is 6.20 Å². The third-order valence-corrected chi connectivity index (χ3v) is 12.3. The Morgan fingerprint density at radius 2 is 1.21 bits per heavy atom. The topological polar surface area (TPSA) is 70.5 Å². The second-order valence-corrected chi connectivity index (χ2v) is 19.1. The van der Waals surface area contributed by atoms with E-state index >= 15 is 0 Å². The first-order valence-electron chi connectivity index (χ1n) is 23.3. The van der Waals surface area contributed by atoms with Crippen molar-refractivity contribution < 1.29 is 25.8 Å². The Morgan fingerprint density at radius 3 is 1.89 bits per heavy atom. The van der Waals surface area contributed by atoms with Gasteiger partial charge < -0.3 is 29.7 Å². The van der Waals surface area contributed by atoms with E-state index in [4.69, 9.17) is 9.72 Å². The van der Waals surface area contributed by atoms with Gasteiger partial charge in [-0.2, -0.15) is 23.9 Å². The van der Waals surface area contributed by atoms with Gasteiger partial charge in [0.05, 0.1) is 0 Å². The van der Waals surface area contributed by atoms with Gasteiger partial charge in [0.1, 0.15) is 11.7 Å². The molecule has 3 aliphatic heterocycles. The third kappa shape index (κ3) is 9.92. The summed E-state index contributed by atoms with van der Waals surface area (Å²) in [6, 6.07) is 39.0. The van der Waals surface area contributed by atoms with Crippen LogP contribution in [0.1, 0.15) is 63.8 Å². The third-order valence-electron chi connectivity index (χ3n) is 12.3. The summed E-state index contributed by atoms with van der Waals surface area (Å²) in [4.78, 5) is 14.0. The van der Waals surface area contributed by atoms with Crippen LogP contribution in [0.2, 0.25) is 0 Å². The van der Waals surface area contributed by atoms with E-state index in [2.05, 4.69) is 220 Å². The minimum absolute atomic E-state index is 0. The summed E-state index contributed by atoms with van der Waals surface area (Å²) >= 11 is 0. The van der Waals surface area contributed by atoms with Crippen LogP contribution in [0.15, 0.2) is 189 Å². The van der Waals surface area contributed by atoms with Gasteiger partial charge in [-0.25, -0.2) is 4.98 Å². The average molecular weight is 1090 g/mol. The van der Waals surface area contributed by atoms with Gasteiger partial charge in [-0.05, 0) is 111 Å². The van der Waals surface area contributed by atoms with E-state index in [0.717, 1.165) is 72.4 Å². The van der Waals surface area contributed by atoms with Crippen LogP contribution in [0.25, 0.3) is 38.6 Å². The first-order chi connectivity index (χ1) is 33.5. The summed E-state index contributed by atoms with van der Waals surface area (Å²) in [6.07, 6.45) is 27.9. The largest absolute Gasteiger partial charge is 0.503 e. The van der Waals surface area contributed by atoms with Crippen molar-refractivity contribution in [2.45, 2.75) is 52.4 Å². The summed E-state index contributed by atoms with van der Waals surface area (Å²) in [6.45, 7) is 15.6. The molecular formula is C59H52B2N7OPt-3.